The van der Waals surface area contributed by atoms with Gasteiger partial charge in [0.2, 0.25) is 0 Å². The van der Waals surface area contributed by atoms with Gasteiger partial charge in [-0.1, -0.05) is 6.92 Å². The van der Waals surface area contributed by atoms with Crippen LogP contribution in [0.3, 0.4) is 0 Å². The number of benzene rings is 1. The molecule has 6 nitrogen and oxygen atoms in total. The molecule has 0 saturated carbocycles. The lowest BCUT2D eigenvalue weighted by Crippen LogP contribution is -2.49. The van der Waals surface area contributed by atoms with E-state index < -0.39 is 12.0 Å². The molecule has 0 bridgehead atoms. The topological polar surface area (TPSA) is 71.0 Å². The Morgan fingerprint density at radius 2 is 2.00 bits per heavy atom. The molecule has 23 heavy (non-hydrogen) atoms. The molecular formula is C17H26N2O4. The molecule has 0 spiro atoms. The smallest absolute Gasteiger partial charge is 0.320 e. The molecule has 6 heteroatoms. The number of nitrogens with one attached hydrogen (secondary N) is 1. The number of rotatable bonds is 7. The van der Waals surface area contributed by atoms with Gasteiger partial charge in [0, 0.05) is 36.5 Å². The van der Waals surface area contributed by atoms with Gasteiger partial charge < -0.3 is 19.9 Å². The van der Waals surface area contributed by atoms with Gasteiger partial charge in [0.15, 0.2) is 0 Å². The number of carbonyl (C=O) groups is 1. The zero-order valence-electron chi connectivity index (χ0n) is 14.0. The number of hydrogen-bond donors (Lipinski definition) is 2. The number of nitrogens with zero attached hydrogens (tertiary/aromatic N) is 1. The summed E-state index contributed by atoms with van der Waals surface area (Å²) in [5.74, 6) is 0.726. The van der Waals surface area contributed by atoms with Crippen LogP contribution in [0.2, 0.25) is 0 Å². The Hall–Kier alpha value is -1.95. The summed E-state index contributed by atoms with van der Waals surface area (Å²) >= 11 is 0. The fraction of sp³-hybridized carbons (Fsp3) is 0.588. The number of anilines is 1. The molecular weight excluding hydrogens is 296 g/mol. The summed E-state index contributed by atoms with van der Waals surface area (Å²) in [4.78, 5) is 13.4. The third kappa shape index (κ3) is 4.51. The third-order valence-electron chi connectivity index (χ3n) is 4.29. The van der Waals surface area contributed by atoms with E-state index in [4.69, 9.17) is 9.47 Å². The van der Waals surface area contributed by atoms with Gasteiger partial charge in [-0.2, -0.15) is 0 Å². The quantitative estimate of drug-likeness (QED) is 0.803. The van der Waals surface area contributed by atoms with Gasteiger partial charge >= 0.3 is 5.97 Å². The van der Waals surface area contributed by atoms with Crippen molar-refractivity contribution < 1.29 is 19.4 Å². The number of carboxylic acid groups (broad SMARTS) is 1. The van der Waals surface area contributed by atoms with Crippen molar-refractivity contribution in [2.45, 2.75) is 38.3 Å². The summed E-state index contributed by atoms with van der Waals surface area (Å²) in [6.07, 6.45) is 2.63. The second-order valence-electron chi connectivity index (χ2n) is 5.84. The van der Waals surface area contributed by atoms with E-state index in [0.717, 1.165) is 43.1 Å². The van der Waals surface area contributed by atoms with E-state index >= 15 is 0 Å². The van der Waals surface area contributed by atoms with Crippen LogP contribution >= 0.6 is 0 Å². The first-order valence-corrected chi connectivity index (χ1v) is 8.03. The van der Waals surface area contributed by atoms with E-state index in [1.807, 2.05) is 25.1 Å². The number of methoxy groups -OCH3 is 2. The fourth-order valence-electron chi connectivity index (χ4n) is 3.12. The van der Waals surface area contributed by atoms with E-state index in [2.05, 4.69) is 10.2 Å². The molecule has 1 aromatic carbocycles. The maximum atomic E-state index is 11.4. The monoisotopic (exact) mass is 322 g/mol. The first-order valence-electron chi connectivity index (χ1n) is 8.03. The average Bonchev–Trinajstić information content (AvgIpc) is 2.55. The molecule has 2 N–H and O–H groups in total. The van der Waals surface area contributed by atoms with E-state index in [1.54, 1.807) is 14.2 Å². The Morgan fingerprint density at radius 1 is 1.35 bits per heavy atom. The third-order valence-corrected chi connectivity index (χ3v) is 4.29. The maximum Gasteiger partial charge on any atom is 0.320 e. The van der Waals surface area contributed by atoms with Crippen LogP contribution in [0.5, 0.6) is 11.5 Å². The summed E-state index contributed by atoms with van der Waals surface area (Å²) in [6.45, 7) is 3.48. The number of hydrogen-bond acceptors (Lipinski definition) is 5. The SMILES string of the molecule is CCC(C(=O)O)N1CCCC(Nc2cc(OC)cc(OC)c2)C1. The molecule has 1 saturated heterocycles. The van der Waals surface area contributed by atoms with Crippen LogP contribution in [0.25, 0.3) is 0 Å². The van der Waals surface area contributed by atoms with E-state index in [9.17, 15) is 9.90 Å². The van der Waals surface area contributed by atoms with E-state index in [0.29, 0.717) is 6.42 Å². The summed E-state index contributed by atoms with van der Waals surface area (Å²) < 4.78 is 10.6. The van der Waals surface area contributed by atoms with Crippen molar-refractivity contribution in [2.24, 2.45) is 0 Å². The first kappa shape index (κ1) is 17.4. The van der Waals surface area contributed by atoms with Gasteiger partial charge in [0.1, 0.15) is 17.5 Å². The minimum absolute atomic E-state index is 0.217. The first-order chi connectivity index (χ1) is 11.1. The Labute approximate surface area is 137 Å². The van der Waals surface area contributed by atoms with Crippen LogP contribution in [0.4, 0.5) is 5.69 Å². The number of ether oxygens (including phenoxy) is 2. The van der Waals surface area contributed by atoms with E-state index in [1.165, 1.54) is 0 Å². The molecule has 0 radical (unpaired) electrons. The zero-order chi connectivity index (χ0) is 16.8. The van der Waals surface area contributed by atoms with Gasteiger partial charge in [-0.3, -0.25) is 9.69 Å². The van der Waals surface area contributed by atoms with Gasteiger partial charge in [-0.25, -0.2) is 0 Å². The highest BCUT2D eigenvalue weighted by Crippen LogP contribution is 2.27. The average molecular weight is 322 g/mol. The summed E-state index contributed by atoms with van der Waals surface area (Å²) in [6, 6.07) is 5.50. The van der Waals surface area contributed by atoms with Crippen LogP contribution in [0.1, 0.15) is 26.2 Å². The van der Waals surface area contributed by atoms with Crippen LogP contribution in [0.15, 0.2) is 18.2 Å². The Bertz CT molecular complexity index is 513. The summed E-state index contributed by atoms with van der Waals surface area (Å²) in [5.41, 5.74) is 0.927. The molecule has 1 heterocycles. The molecule has 1 aliphatic heterocycles. The molecule has 2 rings (SSSR count). The van der Waals surface area contributed by atoms with Crippen molar-refractivity contribution in [3.05, 3.63) is 18.2 Å². The molecule has 1 aromatic rings. The summed E-state index contributed by atoms with van der Waals surface area (Å²) in [5, 5.41) is 12.8. The minimum atomic E-state index is -0.740. The highest BCUT2D eigenvalue weighted by molar-refractivity contribution is 5.73. The van der Waals surface area contributed by atoms with Gasteiger partial charge in [0.05, 0.1) is 14.2 Å². The predicted octanol–water partition coefficient (Wildman–Crippen LogP) is 2.44. The Morgan fingerprint density at radius 3 is 2.52 bits per heavy atom. The van der Waals surface area contributed by atoms with Crippen molar-refractivity contribution in [1.82, 2.24) is 4.90 Å². The number of piperidine rings is 1. The number of aliphatic carboxylic acids is 1. The van der Waals surface area contributed by atoms with E-state index in [-0.39, 0.29) is 6.04 Å². The number of likely N-dealkylation sites (tertiary alicyclic amines) is 1. The molecule has 2 unspecified atom stereocenters. The van der Waals surface area contributed by atoms with Crippen molar-refractivity contribution in [3.63, 3.8) is 0 Å². The van der Waals surface area contributed by atoms with Crippen molar-refractivity contribution >= 4 is 11.7 Å². The van der Waals surface area contributed by atoms with Crippen molar-refractivity contribution in [3.8, 4) is 11.5 Å². The van der Waals surface area contributed by atoms with Crippen LogP contribution in [-0.2, 0) is 4.79 Å². The van der Waals surface area contributed by atoms with Crippen LogP contribution in [0, 0.1) is 0 Å². The normalized spacial score (nSPS) is 19.9. The Balaban J connectivity index is 2.06. The lowest BCUT2D eigenvalue weighted by atomic mass is 10.0. The highest BCUT2D eigenvalue weighted by Gasteiger charge is 2.29. The molecule has 0 aliphatic carbocycles. The molecule has 0 amide bonds. The second-order valence-corrected chi connectivity index (χ2v) is 5.84. The van der Waals surface area contributed by atoms with Gasteiger partial charge in [0.25, 0.3) is 0 Å². The van der Waals surface area contributed by atoms with Crippen LogP contribution < -0.4 is 14.8 Å². The molecule has 2 atom stereocenters. The summed E-state index contributed by atoms with van der Waals surface area (Å²) in [7, 11) is 3.25. The predicted molar refractivity (Wildman–Crippen MR) is 89.5 cm³/mol. The fourth-order valence-corrected chi connectivity index (χ4v) is 3.12. The van der Waals surface area contributed by atoms with Crippen molar-refractivity contribution in [1.29, 1.82) is 0 Å². The molecule has 1 fully saturated rings. The number of carboxylic acids is 1. The largest absolute Gasteiger partial charge is 0.497 e. The molecule has 0 aromatic heterocycles. The molecule has 1 aliphatic rings. The van der Waals surface area contributed by atoms with Crippen LogP contribution in [-0.4, -0.2) is 55.4 Å². The maximum absolute atomic E-state index is 11.4. The lowest BCUT2D eigenvalue weighted by Gasteiger charge is -2.36. The van der Waals surface area contributed by atoms with Crippen molar-refractivity contribution in [2.75, 3.05) is 32.6 Å². The highest BCUT2D eigenvalue weighted by atomic mass is 16.5. The molecule has 128 valence electrons. The minimum Gasteiger partial charge on any atom is -0.497 e. The lowest BCUT2D eigenvalue weighted by molar-refractivity contribution is -0.143. The second kappa shape index (κ2) is 8.06. The van der Waals surface area contributed by atoms with Gasteiger partial charge in [-0.05, 0) is 25.8 Å². The zero-order valence-corrected chi connectivity index (χ0v) is 14.0. The van der Waals surface area contributed by atoms with Gasteiger partial charge in [-0.15, -0.1) is 0 Å². The standard InChI is InChI=1S/C17H26N2O4/c1-4-16(17(20)21)19-7-5-6-12(11-19)18-13-8-14(22-2)10-15(9-13)23-3/h8-10,12,16,18H,4-7,11H2,1-3H3,(H,20,21). The Kier molecular flexibility index (Phi) is 6.10.